The fraction of sp³-hybridized carbons (Fsp3) is 0.143. The zero-order valence-electron chi connectivity index (χ0n) is 16.0. The van der Waals surface area contributed by atoms with Crippen molar-refractivity contribution in [2.75, 3.05) is 0 Å². The average Bonchev–Trinajstić information content (AvgIpc) is 3.21. The maximum absolute atomic E-state index is 11.2. The van der Waals surface area contributed by atoms with Crippen molar-refractivity contribution < 1.29 is 29.2 Å². The lowest BCUT2D eigenvalue weighted by Gasteiger charge is -2.06. The lowest BCUT2D eigenvalue weighted by molar-refractivity contribution is -0.425. The molecule has 0 bridgehead atoms. The molecular weight excluding hydrogens is 440 g/mol. The molecule has 0 spiro atoms. The molecule has 0 aliphatic heterocycles. The minimum atomic E-state index is -1.03. The molecule has 32 heavy (non-hydrogen) atoms. The number of aryl methyl sites for hydroxylation is 2. The van der Waals surface area contributed by atoms with Gasteiger partial charge in [0.25, 0.3) is 0 Å². The molecule has 0 radical (unpaired) electrons. The second-order valence-electron chi connectivity index (χ2n) is 5.91. The highest BCUT2D eigenvalue weighted by molar-refractivity contribution is 5.57. The molecule has 18 heteroatoms. The maximum Gasteiger partial charge on any atom is 0.472 e. The standard InChI is InChI=1S/C14H10N8O10/c1-17-13(9(19(23)24)11(15-17)21(27)28)31-7-3-5-8(6-4-7)32-14-10(20(25)26)12(22(29)30)16-18(14)2/h3-6H,1-2H3. The van der Waals surface area contributed by atoms with Crippen LogP contribution in [0.15, 0.2) is 24.3 Å². The van der Waals surface area contributed by atoms with Crippen LogP contribution in [-0.2, 0) is 14.1 Å². The summed E-state index contributed by atoms with van der Waals surface area (Å²) in [5.41, 5.74) is -1.90. The number of aromatic nitrogens is 4. The van der Waals surface area contributed by atoms with E-state index in [2.05, 4.69) is 10.2 Å². The fourth-order valence-corrected chi connectivity index (χ4v) is 2.56. The van der Waals surface area contributed by atoms with Gasteiger partial charge in [0.1, 0.15) is 11.5 Å². The minimum absolute atomic E-state index is 0.0103. The van der Waals surface area contributed by atoms with Gasteiger partial charge in [-0.25, -0.2) is 0 Å². The number of nitro groups is 4. The van der Waals surface area contributed by atoms with Gasteiger partial charge in [0, 0.05) is 0 Å². The van der Waals surface area contributed by atoms with Gasteiger partial charge < -0.3 is 29.7 Å². The Balaban J connectivity index is 1.90. The number of nitrogens with zero attached hydrogens (tertiary/aromatic N) is 8. The van der Waals surface area contributed by atoms with Gasteiger partial charge in [-0.15, -0.1) is 9.36 Å². The summed E-state index contributed by atoms with van der Waals surface area (Å²) in [5, 5.41) is 51.3. The van der Waals surface area contributed by atoms with Crippen LogP contribution in [0.3, 0.4) is 0 Å². The van der Waals surface area contributed by atoms with Crippen LogP contribution in [0.1, 0.15) is 0 Å². The van der Waals surface area contributed by atoms with Crippen LogP contribution in [0.4, 0.5) is 23.0 Å². The molecule has 3 aromatic rings. The van der Waals surface area contributed by atoms with Gasteiger partial charge in [-0.05, 0) is 34.1 Å². The molecule has 18 nitrogen and oxygen atoms in total. The molecule has 0 fully saturated rings. The van der Waals surface area contributed by atoms with Crippen LogP contribution in [-0.4, -0.2) is 39.3 Å². The summed E-state index contributed by atoms with van der Waals surface area (Å²) >= 11 is 0. The first kappa shape index (κ1) is 21.5. The summed E-state index contributed by atoms with van der Waals surface area (Å²) in [6.07, 6.45) is 0. The second-order valence-corrected chi connectivity index (χ2v) is 5.91. The lowest BCUT2D eigenvalue weighted by Crippen LogP contribution is -1.99. The highest BCUT2D eigenvalue weighted by atomic mass is 16.7. The smallest absolute Gasteiger partial charge is 0.433 e. The molecule has 3 rings (SSSR count). The Hall–Kier alpha value is -5.16. The van der Waals surface area contributed by atoms with Crippen molar-refractivity contribution in [2.45, 2.75) is 0 Å². The number of hydrogen-bond donors (Lipinski definition) is 0. The number of ether oxygens (including phenoxy) is 2. The van der Waals surface area contributed by atoms with Crippen LogP contribution >= 0.6 is 0 Å². The van der Waals surface area contributed by atoms with E-state index in [9.17, 15) is 40.5 Å². The zero-order valence-corrected chi connectivity index (χ0v) is 16.0. The summed E-state index contributed by atoms with van der Waals surface area (Å²) in [4.78, 5) is 40.3. The van der Waals surface area contributed by atoms with Gasteiger partial charge >= 0.3 is 34.8 Å². The van der Waals surface area contributed by atoms with E-state index in [1.807, 2.05) is 0 Å². The molecule has 0 saturated heterocycles. The van der Waals surface area contributed by atoms with E-state index in [1.54, 1.807) is 0 Å². The molecule has 0 saturated carbocycles. The highest BCUT2D eigenvalue weighted by Gasteiger charge is 2.39. The van der Waals surface area contributed by atoms with Crippen molar-refractivity contribution in [3.63, 3.8) is 0 Å². The van der Waals surface area contributed by atoms with Gasteiger partial charge in [0.2, 0.25) is 0 Å². The predicted octanol–water partition coefficient (Wildman–Crippen LogP) is 2.37. The van der Waals surface area contributed by atoms with Crippen LogP contribution < -0.4 is 9.47 Å². The summed E-state index contributed by atoms with van der Waals surface area (Å²) in [6, 6.07) is 4.98. The van der Waals surface area contributed by atoms with Crippen molar-refractivity contribution in [3.05, 3.63) is 64.7 Å². The van der Waals surface area contributed by atoms with E-state index in [0.29, 0.717) is 0 Å². The topological polar surface area (TPSA) is 227 Å². The van der Waals surface area contributed by atoms with Gasteiger partial charge in [0.15, 0.2) is 0 Å². The third kappa shape index (κ3) is 3.81. The van der Waals surface area contributed by atoms with Crippen molar-refractivity contribution in [2.24, 2.45) is 14.1 Å². The highest BCUT2D eigenvalue weighted by Crippen LogP contribution is 2.40. The molecular formula is C14H10N8O10. The van der Waals surface area contributed by atoms with Crippen molar-refractivity contribution in [1.82, 2.24) is 19.6 Å². The third-order valence-corrected chi connectivity index (χ3v) is 3.87. The Bertz CT molecular complexity index is 1160. The van der Waals surface area contributed by atoms with Gasteiger partial charge in [0.05, 0.1) is 34.1 Å². The minimum Gasteiger partial charge on any atom is -0.433 e. The molecule has 0 aliphatic carbocycles. The number of hydrogen-bond acceptors (Lipinski definition) is 12. The van der Waals surface area contributed by atoms with E-state index in [-0.39, 0.29) is 11.5 Å². The Morgan fingerprint density at radius 3 is 1.22 bits per heavy atom. The predicted molar refractivity (Wildman–Crippen MR) is 99.6 cm³/mol. The first-order valence-electron chi connectivity index (χ1n) is 8.18. The SMILES string of the molecule is Cn1nc([N+](=O)[O-])c([N+](=O)[O-])c1Oc1ccc(Oc2c([N+](=O)[O-])c([N+](=O)[O-])nn2C)cc1. The third-order valence-electron chi connectivity index (χ3n) is 3.87. The maximum atomic E-state index is 11.2. The van der Waals surface area contributed by atoms with Crippen LogP contribution in [0.25, 0.3) is 0 Å². The van der Waals surface area contributed by atoms with Gasteiger partial charge in [-0.1, -0.05) is 0 Å². The summed E-state index contributed by atoms with van der Waals surface area (Å²) < 4.78 is 12.3. The zero-order chi connectivity index (χ0) is 23.7. The number of benzene rings is 1. The fourth-order valence-electron chi connectivity index (χ4n) is 2.56. The Morgan fingerprint density at radius 2 is 0.969 bits per heavy atom. The van der Waals surface area contributed by atoms with E-state index in [4.69, 9.17) is 9.47 Å². The van der Waals surface area contributed by atoms with E-state index in [0.717, 1.165) is 9.36 Å². The first-order valence-corrected chi connectivity index (χ1v) is 8.18. The van der Waals surface area contributed by atoms with Crippen LogP contribution in [0.5, 0.6) is 23.3 Å². The number of rotatable bonds is 8. The largest absolute Gasteiger partial charge is 0.472 e. The van der Waals surface area contributed by atoms with E-state index >= 15 is 0 Å². The first-order chi connectivity index (χ1) is 15.0. The molecule has 0 atom stereocenters. The van der Waals surface area contributed by atoms with E-state index in [1.165, 1.54) is 38.4 Å². The summed E-state index contributed by atoms with van der Waals surface area (Å²) in [7, 11) is 2.42. The van der Waals surface area contributed by atoms with Gasteiger partial charge in [-0.3, -0.25) is 20.2 Å². The van der Waals surface area contributed by atoms with Crippen molar-refractivity contribution >= 4 is 23.0 Å². The molecule has 2 aromatic heterocycles. The molecule has 0 unspecified atom stereocenters. The Kier molecular flexibility index (Phi) is 5.34. The Morgan fingerprint density at radius 1 is 0.656 bits per heavy atom. The monoisotopic (exact) mass is 450 g/mol. The Labute approximate surface area is 174 Å². The quantitative estimate of drug-likeness (QED) is 0.356. The molecule has 0 amide bonds. The average molecular weight is 450 g/mol. The van der Waals surface area contributed by atoms with Crippen molar-refractivity contribution in [3.8, 4) is 23.3 Å². The normalized spacial score (nSPS) is 10.6. The summed E-state index contributed by atoms with van der Waals surface area (Å²) in [5.74, 6) is -3.04. The molecule has 0 aliphatic rings. The van der Waals surface area contributed by atoms with Crippen LogP contribution in [0, 0.1) is 40.5 Å². The molecule has 0 N–H and O–H groups in total. The van der Waals surface area contributed by atoms with Gasteiger partial charge in [-0.2, -0.15) is 0 Å². The van der Waals surface area contributed by atoms with Crippen LogP contribution in [0.2, 0.25) is 0 Å². The van der Waals surface area contributed by atoms with Crippen molar-refractivity contribution in [1.29, 1.82) is 0 Å². The second kappa shape index (κ2) is 7.93. The van der Waals surface area contributed by atoms with E-state index < -0.39 is 54.5 Å². The summed E-state index contributed by atoms with van der Waals surface area (Å²) in [6.45, 7) is 0. The molecule has 2 heterocycles. The molecule has 1 aromatic carbocycles. The lowest BCUT2D eigenvalue weighted by atomic mass is 10.3. The molecule has 166 valence electrons.